The number of likely N-dealkylation sites (tertiary alicyclic amines) is 1. The van der Waals surface area contributed by atoms with Crippen molar-refractivity contribution in [3.8, 4) is 16.9 Å². The first-order chi connectivity index (χ1) is 13.1. The van der Waals surface area contributed by atoms with Crippen LogP contribution in [-0.4, -0.2) is 43.2 Å². The highest BCUT2D eigenvalue weighted by molar-refractivity contribution is 5.90. The Morgan fingerprint density at radius 2 is 1.78 bits per heavy atom. The second-order valence-electron chi connectivity index (χ2n) is 7.61. The molecule has 0 aromatic heterocycles. The fraction of sp³-hybridized carbons (Fsp3) is 0.435. The van der Waals surface area contributed by atoms with Gasteiger partial charge in [0.25, 0.3) is 0 Å². The Hall–Kier alpha value is -2.33. The van der Waals surface area contributed by atoms with Crippen molar-refractivity contribution in [1.29, 1.82) is 0 Å². The van der Waals surface area contributed by atoms with Crippen LogP contribution in [-0.2, 0) is 11.2 Å². The van der Waals surface area contributed by atoms with Gasteiger partial charge in [-0.1, -0.05) is 25.1 Å². The van der Waals surface area contributed by atoms with Crippen LogP contribution in [0.4, 0.5) is 0 Å². The lowest BCUT2D eigenvalue weighted by Crippen LogP contribution is -2.49. The van der Waals surface area contributed by atoms with Crippen molar-refractivity contribution >= 4 is 5.97 Å². The summed E-state index contributed by atoms with van der Waals surface area (Å²) in [6, 6.07) is 14.0. The summed E-state index contributed by atoms with van der Waals surface area (Å²) in [6.07, 6.45) is 4.41. The van der Waals surface area contributed by atoms with Crippen molar-refractivity contribution in [2.75, 3.05) is 26.7 Å². The number of nitrogens with zero attached hydrogens (tertiary/aromatic N) is 1. The lowest BCUT2D eigenvalue weighted by atomic mass is 9.82. The summed E-state index contributed by atoms with van der Waals surface area (Å²) in [5.74, 6) is 0.737. The number of carbonyl (C=O) groups excluding carboxylic acids is 1. The quantitative estimate of drug-likeness (QED) is 0.760. The molecule has 1 saturated heterocycles. The van der Waals surface area contributed by atoms with Gasteiger partial charge in [0, 0.05) is 13.1 Å². The van der Waals surface area contributed by atoms with Crippen molar-refractivity contribution in [3.05, 3.63) is 53.6 Å². The smallest absolute Gasteiger partial charge is 0.337 e. The molecule has 4 nitrogen and oxygen atoms in total. The van der Waals surface area contributed by atoms with E-state index in [0.29, 0.717) is 5.56 Å². The van der Waals surface area contributed by atoms with E-state index in [2.05, 4.69) is 30.0 Å². The van der Waals surface area contributed by atoms with Crippen LogP contribution in [0, 0.1) is 0 Å². The molecular formula is C23H27NO3. The minimum atomic E-state index is -0.306. The van der Waals surface area contributed by atoms with E-state index in [9.17, 15) is 4.79 Å². The van der Waals surface area contributed by atoms with Crippen LogP contribution < -0.4 is 4.74 Å². The molecule has 2 aromatic carbocycles. The molecule has 0 saturated carbocycles. The summed E-state index contributed by atoms with van der Waals surface area (Å²) in [6.45, 7) is 5.63. The highest BCUT2D eigenvalue weighted by atomic mass is 16.5. The van der Waals surface area contributed by atoms with Crippen LogP contribution in [0.15, 0.2) is 42.5 Å². The van der Waals surface area contributed by atoms with Crippen molar-refractivity contribution in [2.45, 2.75) is 38.2 Å². The molecule has 0 amide bonds. The largest absolute Gasteiger partial charge is 0.487 e. The summed E-state index contributed by atoms with van der Waals surface area (Å²) < 4.78 is 11.3. The number of esters is 1. The van der Waals surface area contributed by atoms with Crippen LogP contribution in [0.3, 0.4) is 0 Å². The van der Waals surface area contributed by atoms with Crippen LogP contribution in [0.2, 0.25) is 0 Å². The number of aryl methyl sites for hydroxylation is 1. The molecule has 0 N–H and O–H groups in total. The normalized spacial score (nSPS) is 18.6. The highest BCUT2D eigenvalue weighted by Crippen LogP contribution is 2.40. The van der Waals surface area contributed by atoms with Crippen LogP contribution in [0.5, 0.6) is 5.75 Å². The first-order valence-electron chi connectivity index (χ1n) is 9.85. The van der Waals surface area contributed by atoms with Gasteiger partial charge in [0.2, 0.25) is 0 Å². The third-order valence-electron chi connectivity index (χ3n) is 6.09. The Bertz CT molecular complexity index is 820. The zero-order valence-corrected chi connectivity index (χ0v) is 16.2. The average Bonchev–Trinajstić information content (AvgIpc) is 2.73. The first-order valence-corrected chi connectivity index (χ1v) is 9.85. The molecule has 2 heterocycles. The standard InChI is InChI=1S/C23H27NO3/c1-3-24-14-12-23(13-15-24)11-10-20-16-19(8-9-21(20)27-23)17-4-6-18(7-5-17)22(25)26-2/h4-9,16H,3,10-15H2,1-2H3. The Morgan fingerprint density at radius 3 is 2.44 bits per heavy atom. The van der Waals surface area contributed by atoms with E-state index in [4.69, 9.17) is 9.47 Å². The first kappa shape index (κ1) is 18.1. The van der Waals surface area contributed by atoms with Gasteiger partial charge in [0.05, 0.1) is 12.7 Å². The maximum absolute atomic E-state index is 11.6. The molecule has 0 atom stereocenters. The maximum atomic E-state index is 11.6. The Balaban J connectivity index is 1.51. The summed E-state index contributed by atoms with van der Waals surface area (Å²) >= 11 is 0. The van der Waals surface area contributed by atoms with Gasteiger partial charge in [-0.3, -0.25) is 0 Å². The molecule has 0 unspecified atom stereocenters. The predicted octanol–water partition coefficient (Wildman–Crippen LogP) is 4.32. The molecular weight excluding hydrogens is 338 g/mol. The topological polar surface area (TPSA) is 38.8 Å². The third-order valence-corrected chi connectivity index (χ3v) is 6.09. The lowest BCUT2D eigenvalue weighted by Gasteiger charge is -2.44. The molecule has 27 heavy (non-hydrogen) atoms. The number of rotatable bonds is 3. The third kappa shape index (κ3) is 3.59. The number of fused-ring (bicyclic) bond motifs is 1. The summed E-state index contributed by atoms with van der Waals surface area (Å²) in [4.78, 5) is 14.1. The van der Waals surface area contributed by atoms with E-state index in [-0.39, 0.29) is 11.6 Å². The van der Waals surface area contributed by atoms with Crippen LogP contribution in [0.1, 0.15) is 42.1 Å². The predicted molar refractivity (Wildman–Crippen MR) is 106 cm³/mol. The minimum Gasteiger partial charge on any atom is -0.487 e. The van der Waals surface area contributed by atoms with Gasteiger partial charge in [-0.25, -0.2) is 4.79 Å². The second kappa shape index (κ2) is 7.35. The van der Waals surface area contributed by atoms with Crippen molar-refractivity contribution in [3.63, 3.8) is 0 Å². The van der Waals surface area contributed by atoms with Gasteiger partial charge in [-0.05, 0) is 73.2 Å². The van der Waals surface area contributed by atoms with E-state index < -0.39 is 0 Å². The second-order valence-corrected chi connectivity index (χ2v) is 7.61. The molecule has 1 fully saturated rings. The fourth-order valence-electron chi connectivity index (χ4n) is 4.25. The Morgan fingerprint density at radius 1 is 1.07 bits per heavy atom. The number of carbonyl (C=O) groups is 1. The molecule has 0 aliphatic carbocycles. The molecule has 2 aromatic rings. The average molecular weight is 365 g/mol. The number of ether oxygens (including phenoxy) is 2. The SMILES string of the molecule is CCN1CCC2(CCc3cc(-c4ccc(C(=O)OC)cc4)ccc3O2)CC1. The number of benzene rings is 2. The van der Waals surface area contributed by atoms with Crippen molar-refractivity contribution in [2.24, 2.45) is 0 Å². The monoisotopic (exact) mass is 365 g/mol. The van der Waals surface area contributed by atoms with Gasteiger partial charge in [0.1, 0.15) is 11.4 Å². The Kier molecular flexibility index (Phi) is 4.92. The summed E-state index contributed by atoms with van der Waals surface area (Å²) in [5, 5.41) is 0. The number of piperidine rings is 1. The molecule has 0 radical (unpaired) electrons. The molecule has 4 heteroatoms. The van der Waals surface area contributed by atoms with E-state index in [1.165, 1.54) is 12.7 Å². The summed E-state index contributed by atoms with van der Waals surface area (Å²) in [7, 11) is 1.40. The number of hydrogen-bond donors (Lipinski definition) is 0. The van der Waals surface area contributed by atoms with Gasteiger partial charge in [-0.2, -0.15) is 0 Å². The van der Waals surface area contributed by atoms with Crippen molar-refractivity contribution in [1.82, 2.24) is 4.90 Å². The van der Waals surface area contributed by atoms with Crippen LogP contribution in [0.25, 0.3) is 11.1 Å². The van der Waals surface area contributed by atoms with Gasteiger partial charge >= 0.3 is 5.97 Å². The lowest BCUT2D eigenvalue weighted by molar-refractivity contribution is -0.0132. The zero-order valence-electron chi connectivity index (χ0n) is 16.2. The molecule has 4 rings (SSSR count). The summed E-state index contributed by atoms with van der Waals surface area (Å²) in [5.41, 5.74) is 4.14. The Labute approximate surface area is 161 Å². The molecule has 1 spiro atoms. The van der Waals surface area contributed by atoms with E-state index >= 15 is 0 Å². The van der Waals surface area contributed by atoms with Crippen molar-refractivity contribution < 1.29 is 14.3 Å². The minimum absolute atomic E-state index is 0.0301. The molecule has 142 valence electrons. The van der Waals surface area contributed by atoms with E-state index in [1.54, 1.807) is 0 Å². The van der Waals surface area contributed by atoms with Gasteiger partial charge in [-0.15, -0.1) is 0 Å². The molecule has 0 bridgehead atoms. The van der Waals surface area contributed by atoms with Crippen LogP contribution >= 0.6 is 0 Å². The molecule has 2 aliphatic rings. The van der Waals surface area contributed by atoms with Gasteiger partial charge < -0.3 is 14.4 Å². The number of methoxy groups -OCH3 is 1. The van der Waals surface area contributed by atoms with E-state index in [1.807, 2.05) is 24.3 Å². The maximum Gasteiger partial charge on any atom is 0.337 e. The highest BCUT2D eigenvalue weighted by Gasteiger charge is 2.39. The fourth-order valence-corrected chi connectivity index (χ4v) is 4.25. The number of hydrogen-bond acceptors (Lipinski definition) is 4. The van der Waals surface area contributed by atoms with E-state index in [0.717, 1.165) is 62.2 Å². The molecule has 2 aliphatic heterocycles. The zero-order chi connectivity index (χ0) is 18.9. The van der Waals surface area contributed by atoms with Gasteiger partial charge in [0.15, 0.2) is 0 Å².